The first-order chi connectivity index (χ1) is 9.83. The van der Waals surface area contributed by atoms with Crippen LogP contribution in [-0.2, 0) is 13.6 Å². The van der Waals surface area contributed by atoms with E-state index in [1.54, 1.807) is 30.3 Å². The molecular formula is C15H23O5P. The molecule has 0 saturated heterocycles. The number of ether oxygens (including phenoxy) is 1. The predicted molar refractivity (Wildman–Crippen MR) is 81.7 cm³/mol. The second kappa shape index (κ2) is 8.32. The third-order valence-corrected chi connectivity index (χ3v) is 3.84. The van der Waals surface area contributed by atoms with Gasteiger partial charge in [-0.2, -0.15) is 0 Å². The lowest BCUT2D eigenvalue weighted by molar-refractivity contribution is 0.159. The first kappa shape index (κ1) is 17.9. The van der Waals surface area contributed by atoms with Crippen LogP contribution in [0.5, 0.6) is 5.75 Å². The minimum absolute atomic E-state index is 0.130. The van der Waals surface area contributed by atoms with Crippen LogP contribution < -0.4 is 4.74 Å². The molecule has 0 unspecified atom stereocenters. The Balaban J connectivity index is 2.78. The van der Waals surface area contributed by atoms with Crippen LogP contribution in [0.25, 0.3) is 0 Å². The largest absolute Gasteiger partial charge is 0.438 e. The second-order valence-corrected chi connectivity index (χ2v) is 7.43. The van der Waals surface area contributed by atoms with E-state index in [0.717, 1.165) is 0 Å². The predicted octanol–water partition coefficient (Wildman–Crippen LogP) is 4.72. The molecule has 0 spiro atoms. The lowest BCUT2D eigenvalue weighted by Crippen LogP contribution is -2.15. The maximum absolute atomic E-state index is 12.6. The van der Waals surface area contributed by atoms with Crippen LogP contribution in [-0.4, -0.2) is 18.9 Å². The third-order valence-electron chi connectivity index (χ3n) is 2.33. The van der Waals surface area contributed by atoms with E-state index in [4.69, 9.17) is 13.8 Å². The zero-order chi connectivity index (χ0) is 15.9. The summed E-state index contributed by atoms with van der Waals surface area (Å²) in [6, 6.07) is 8.44. The normalized spacial score (nSPS) is 11.9. The second-order valence-electron chi connectivity index (χ2n) is 5.56. The van der Waals surface area contributed by atoms with Crippen molar-refractivity contribution < 1.29 is 23.1 Å². The molecule has 0 aliphatic carbocycles. The number of carbonyl (C=O) groups is 1. The summed E-state index contributed by atoms with van der Waals surface area (Å²) < 4.78 is 28.2. The fraction of sp³-hybridized carbons (Fsp3) is 0.533. The fourth-order valence-electron chi connectivity index (χ4n) is 1.28. The third kappa shape index (κ3) is 6.42. The molecule has 0 radical (unpaired) electrons. The molecule has 1 aromatic carbocycles. The van der Waals surface area contributed by atoms with Crippen LogP contribution in [0.4, 0.5) is 4.79 Å². The van der Waals surface area contributed by atoms with Gasteiger partial charge in [-0.1, -0.05) is 45.9 Å². The van der Waals surface area contributed by atoms with Gasteiger partial charge in [0.25, 0.3) is 0 Å². The Bertz CT molecular complexity index is 468. The summed E-state index contributed by atoms with van der Waals surface area (Å²) >= 11 is 0. The average molecular weight is 314 g/mol. The number of benzene rings is 1. The van der Waals surface area contributed by atoms with Gasteiger partial charge in [0.1, 0.15) is 5.75 Å². The van der Waals surface area contributed by atoms with Crippen molar-refractivity contribution in [1.29, 1.82) is 0 Å². The van der Waals surface area contributed by atoms with Crippen molar-refractivity contribution >= 4 is 13.3 Å². The zero-order valence-electron chi connectivity index (χ0n) is 12.9. The molecule has 0 aliphatic heterocycles. The van der Waals surface area contributed by atoms with E-state index in [1.807, 2.05) is 27.7 Å². The summed E-state index contributed by atoms with van der Waals surface area (Å²) in [4.78, 5) is 12.1. The summed E-state index contributed by atoms with van der Waals surface area (Å²) in [5.41, 5.74) is -0.977. The monoisotopic (exact) mass is 314 g/mol. The molecule has 21 heavy (non-hydrogen) atoms. The Morgan fingerprint density at radius 3 is 1.90 bits per heavy atom. The summed E-state index contributed by atoms with van der Waals surface area (Å²) in [6.07, 6.45) is 0. The van der Waals surface area contributed by atoms with Crippen molar-refractivity contribution in [3.63, 3.8) is 0 Å². The lowest BCUT2D eigenvalue weighted by Gasteiger charge is -2.19. The summed E-state index contributed by atoms with van der Waals surface area (Å²) in [5.74, 6) is 0.569. The summed E-state index contributed by atoms with van der Waals surface area (Å²) in [5, 5.41) is 0. The van der Waals surface area contributed by atoms with Crippen molar-refractivity contribution in [3.05, 3.63) is 30.3 Å². The number of carbonyl (C=O) groups excluding carboxylic acids is 1. The Morgan fingerprint density at radius 2 is 1.48 bits per heavy atom. The molecule has 0 aliphatic rings. The maximum atomic E-state index is 12.6. The molecule has 0 saturated carbocycles. The minimum atomic E-state index is -3.94. The first-order valence-electron chi connectivity index (χ1n) is 7.00. The van der Waals surface area contributed by atoms with Gasteiger partial charge in [0.15, 0.2) is 0 Å². The SMILES string of the molecule is CC(C)COP(=O)(OCC(C)C)C(=O)Oc1ccccc1. The molecule has 0 bridgehead atoms. The van der Waals surface area contributed by atoms with Crippen LogP contribution in [0, 0.1) is 11.8 Å². The van der Waals surface area contributed by atoms with Crippen molar-refractivity contribution in [2.45, 2.75) is 27.7 Å². The van der Waals surface area contributed by atoms with E-state index >= 15 is 0 Å². The average Bonchev–Trinajstić information content (AvgIpc) is 2.44. The summed E-state index contributed by atoms with van der Waals surface area (Å²) in [6.45, 7) is 7.92. The van der Waals surface area contributed by atoms with Gasteiger partial charge in [0.2, 0.25) is 0 Å². The molecule has 0 aromatic heterocycles. The number of para-hydroxylation sites is 1. The van der Waals surface area contributed by atoms with Gasteiger partial charge in [-0.3, -0.25) is 0 Å². The molecule has 0 heterocycles. The van der Waals surface area contributed by atoms with Crippen LogP contribution in [0.2, 0.25) is 0 Å². The number of hydrogen-bond donors (Lipinski definition) is 0. The topological polar surface area (TPSA) is 61.8 Å². The van der Waals surface area contributed by atoms with Gasteiger partial charge in [-0.25, -0.2) is 9.36 Å². The molecule has 5 nitrogen and oxygen atoms in total. The number of hydrogen-bond acceptors (Lipinski definition) is 5. The van der Waals surface area contributed by atoms with Crippen LogP contribution in [0.15, 0.2) is 30.3 Å². The molecular weight excluding hydrogens is 291 g/mol. The van der Waals surface area contributed by atoms with Gasteiger partial charge in [-0.15, -0.1) is 0 Å². The van der Waals surface area contributed by atoms with Gasteiger partial charge in [0, 0.05) is 0 Å². The van der Waals surface area contributed by atoms with Crippen molar-refractivity contribution in [2.24, 2.45) is 11.8 Å². The maximum Gasteiger partial charge on any atom is 0.438 e. The van der Waals surface area contributed by atoms with Gasteiger partial charge >= 0.3 is 13.3 Å². The number of rotatable bonds is 8. The molecule has 0 N–H and O–H groups in total. The van der Waals surface area contributed by atoms with E-state index in [0.29, 0.717) is 5.75 Å². The standard InChI is InChI=1S/C15H23O5P/c1-12(2)10-18-21(17,19-11-13(3)4)15(16)20-14-8-6-5-7-9-14/h5-9,12-13H,10-11H2,1-4H3. The molecule has 0 fully saturated rings. The van der Waals surface area contributed by atoms with Crippen molar-refractivity contribution in [2.75, 3.05) is 13.2 Å². The highest BCUT2D eigenvalue weighted by Crippen LogP contribution is 2.50. The molecule has 118 valence electrons. The molecule has 1 rings (SSSR count). The first-order valence-corrected chi connectivity index (χ1v) is 8.54. The lowest BCUT2D eigenvalue weighted by atomic mass is 10.2. The Kier molecular flexibility index (Phi) is 7.09. The van der Waals surface area contributed by atoms with Crippen molar-refractivity contribution in [3.8, 4) is 5.75 Å². The summed E-state index contributed by atoms with van der Waals surface area (Å²) in [7, 11) is -3.94. The highest BCUT2D eigenvalue weighted by Gasteiger charge is 2.38. The van der Waals surface area contributed by atoms with Gasteiger partial charge < -0.3 is 13.8 Å². The zero-order valence-corrected chi connectivity index (χ0v) is 13.8. The molecule has 0 amide bonds. The molecule has 0 atom stereocenters. The van der Waals surface area contributed by atoms with Crippen molar-refractivity contribution in [1.82, 2.24) is 0 Å². The van der Waals surface area contributed by atoms with Crippen LogP contribution in [0.3, 0.4) is 0 Å². The van der Waals surface area contributed by atoms with E-state index in [2.05, 4.69) is 0 Å². The van der Waals surface area contributed by atoms with E-state index in [-0.39, 0.29) is 25.0 Å². The van der Waals surface area contributed by atoms with Gasteiger partial charge in [-0.05, 0) is 24.0 Å². The fourth-order valence-corrected chi connectivity index (χ4v) is 2.77. The Labute approximate surface area is 126 Å². The van der Waals surface area contributed by atoms with E-state index < -0.39 is 13.3 Å². The van der Waals surface area contributed by atoms with Gasteiger partial charge in [0.05, 0.1) is 13.2 Å². The van der Waals surface area contributed by atoms with E-state index in [1.165, 1.54) is 0 Å². The Morgan fingerprint density at radius 1 is 1.00 bits per heavy atom. The quantitative estimate of drug-likeness (QED) is 0.649. The molecule has 6 heteroatoms. The molecule has 1 aromatic rings. The van der Waals surface area contributed by atoms with Crippen LogP contribution in [0.1, 0.15) is 27.7 Å². The van der Waals surface area contributed by atoms with E-state index in [9.17, 15) is 9.36 Å². The highest BCUT2D eigenvalue weighted by molar-refractivity contribution is 7.71. The smallest absolute Gasteiger partial charge is 0.417 e. The highest BCUT2D eigenvalue weighted by atomic mass is 31.2. The minimum Gasteiger partial charge on any atom is -0.417 e. The Hall–Kier alpha value is -1.16. The van der Waals surface area contributed by atoms with Crippen LogP contribution >= 0.6 is 7.60 Å².